The first-order valence-corrected chi connectivity index (χ1v) is 5.19. The molecule has 0 amide bonds. The molecule has 1 rings (SSSR count). The fraction of sp³-hybridized carbons (Fsp3) is 0.300. The van der Waals surface area contributed by atoms with E-state index in [0.717, 1.165) is 12.1 Å². The lowest BCUT2D eigenvalue weighted by molar-refractivity contribution is -0.393. The smallest absolute Gasteiger partial charge is 0.307 e. The molecule has 1 aromatic rings. The number of nitro benzene ring substituents is 2. The lowest BCUT2D eigenvalue weighted by atomic mass is 10.2. The molecule has 0 atom stereocenters. The summed E-state index contributed by atoms with van der Waals surface area (Å²) in [6, 6.07) is 3.24. The van der Waals surface area contributed by atoms with Crippen molar-refractivity contribution in [2.75, 3.05) is 19.0 Å². The Morgan fingerprint density at radius 1 is 1.32 bits per heavy atom. The molecule has 0 aliphatic carbocycles. The molecule has 0 bridgehead atoms. The number of non-ortho nitro benzene ring substituents is 1. The molecule has 19 heavy (non-hydrogen) atoms. The Kier molecular flexibility index (Phi) is 4.75. The summed E-state index contributed by atoms with van der Waals surface area (Å²) in [4.78, 5) is 30.8. The van der Waals surface area contributed by atoms with Gasteiger partial charge in [0.1, 0.15) is 5.69 Å². The van der Waals surface area contributed by atoms with Crippen molar-refractivity contribution >= 4 is 23.0 Å². The molecular formula is C10H11N3O6. The minimum atomic E-state index is -0.729. The van der Waals surface area contributed by atoms with E-state index in [2.05, 4.69) is 10.1 Å². The van der Waals surface area contributed by atoms with Gasteiger partial charge in [-0.3, -0.25) is 25.0 Å². The van der Waals surface area contributed by atoms with Gasteiger partial charge in [-0.05, 0) is 6.07 Å². The van der Waals surface area contributed by atoms with Crippen molar-refractivity contribution < 1.29 is 19.4 Å². The van der Waals surface area contributed by atoms with Gasteiger partial charge in [-0.25, -0.2) is 0 Å². The van der Waals surface area contributed by atoms with Crippen LogP contribution in [0.25, 0.3) is 0 Å². The third-order valence-electron chi connectivity index (χ3n) is 2.26. The van der Waals surface area contributed by atoms with E-state index >= 15 is 0 Å². The molecule has 0 heterocycles. The number of hydrogen-bond acceptors (Lipinski definition) is 7. The first-order chi connectivity index (χ1) is 8.95. The molecule has 0 aromatic heterocycles. The van der Waals surface area contributed by atoms with Crippen molar-refractivity contribution in [2.45, 2.75) is 6.42 Å². The highest BCUT2D eigenvalue weighted by Gasteiger charge is 2.19. The van der Waals surface area contributed by atoms with Crippen molar-refractivity contribution in [1.82, 2.24) is 0 Å². The largest absolute Gasteiger partial charge is 0.469 e. The number of hydrogen-bond donors (Lipinski definition) is 1. The second-order valence-corrected chi connectivity index (χ2v) is 3.47. The number of nitrogens with one attached hydrogen (secondary N) is 1. The van der Waals surface area contributed by atoms with Crippen LogP contribution in [0, 0.1) is 20.2 Å². The van der Waals surface area contributed by atoms with E-state index in [0.29, 0.717) is 0 Å². The average Bonchev–Trinajstić information content (AvgIpc) is 2.38. The Morgan fingerprint density at radius 3 is 2.53 bits per heavy atom. The summed E-state index contributed by atoms with van der Waals surface area (Å²) in [6.07, 6.45) is 0.0324. The molecule has 102 valence electrons. The third-order valence-corrected chi connectivity index (χ3v) is 2.26. The van der Waals surface area contributed by atoms with Gasteiger partial charge in [-0.2, -0.15) is 0 Å². The van der Waals surface area contributed by atoms with E-state index in [1.54, 1.807) is 0 Å². The van der Waals surface area contributed by atoms with Gasteiger partial charge in [0.25, 0.3) is 11.4 Å². The maximum atomic E-state index is 10.9. The fourth-order valence-electron chi connectivity index (χ4n) is 1.34. The van der Waals surface area contributed by atoms with Crippen LogP contribution in [0.15, 0.2) is 18.2 Å². The summed E-state index contributed by atoms with van der Waals surface area (Å²) >= 11 is 0. The normalized spacial score (nSPS) is 9.74. The molecule has 0 saturated carbocycles. The summed E-state index contributed by atoms with van der Waals surface area (Å²) in [7, 11) is 1.23. The Morgan fingerprint density at radius 2 is 2.00 bits per heavy atom. The second-order valence-electron chi connectivity index (χ2n) is 3.47. The number of anilines is 1. The zero-order valence-corrected chi connectivity index (χ0v) is 9.99. The Hall–Kier alpha value is -2.71. The molecule has 1 aromatic carbocycles. The Labute approximate surface area is 107 Å². The van der Waals surface area contributed by atoms with E-state index < -0.39 is 21.5 Å². The zero-order valence-electron chi connectivity index (χ0n) is 9.99. The van der Waals surface area contributed by atoms with E-state index in [4.69, 9.17) is 0 Å². The van der Waals surface area contributed by atoms with Gasteiger partial charge in [-0.15, -0.1) is 0 Å². The fourth-order valence-corrected chi connectivity index (χ4v) is 1.34. The quantitative estimate of drug-likeness (QED) is 0.471. The van der Waals surface area contributed by atoms with Crippen LogP contribution in [0.5, 0.6) is 0 Å². The summed E-state index contributed by atoms with van der Waals surface area (Å²) in [5.74, 6) is -0.461. The van der Waals surface area contributed by atoms with Gasteiger partial charge in [0.15, 0.2) is 0 Å². The monoisotopic (exact) mass is 269 g/mol. The van der Waals surface area contributed by atoms with Crippen LogP contribution < -0.4 is 5.32 Å². The minimum Gasteiger partial charge on any atom is -0.469 e. The molecule has 9 heteroatoms. The van der Waals surface area contributed by atoms with Gasteiger partial charge < -0.3 is 10.1 Å². The van der Waals surface area contributed by atoms with Gasteiger partial charge in [0.2, 0.25) is 0 Å². The van der Waals surface area contributed by atoms with Crippen molar-refractivity contribution in [3.05, 3.63) is 38.4 Å². The number of methoxy groups -OCH3 is 1. The third kappa shape index (κ3) is 3.91. The van der Waals surface area contributed by atoms with Crippen LogP contribution >= 0.6 is 0 Å². The predicted molar refractivity (Wildman–Crippen MR) is 64.9 cm³/mol. The number of nitro groups is 2. The second kappa shape index (κ2) is 6.28. The predicted octanol–water partition coefficient (Wildman–Crippen LogP) is 1.48. The lowest BCUT2D eigenvalue weighted by Gasteiger charge is -2.06. The highest BCUT2D eigenvalue weighted by molar-refractivity contribution is 5.71. The van der Waals surface area contributed by atoms with E-state index in [1.807, 2.05) is 0 Å². The zero-order chi connectivity index (χ0) is 14.4. The van der Waals surface area contributed by atoms with Crippen molar-refractivity contribution in [3.8, 4) is 0 Å². The van der Waals surface area contributed by atoms with Crippen LogP contribution in [0.3, 0.4) is 0 Å². The SMILES string of the molecule is COC(=O)CCNc1ccc([N+](=O)[O-])cc1[N+](=O)[O-]. The summed E-state index contributed by atoms with van der Waals surface area (Å²) in [5.41, 5.74) is -0.677. The lowest BCUT2D eigenvalue weighted by Crippen LogP contribution is -2.10. The van der Waals surface area contributed by atoms with Gasteiger partial charge >= 0.3 is 5.97 Å². The topological polar surface area (TPSA) is 125 Å². The molecule has 0 unspecified atom stereocenters. The number of benzene rings is 1. The molecular weight excluding hydrogens is 258 g/mol. The van der Waals surface area contributed by atoms with E-state index in [-0.39, 0.29) is 24.3 Å². The van der Waals surface area contributed by atoms with Gasteiger partial charge in [0.05, 0.1) is 29.4 Å². The first kappa shape index (κ1) is 14.4. The molecule has 0 spiro atoms. The van der Waals surface area contributed by atoms with Crippen molar-refractivity contribution in [2.24, 2.45) is 0 Å². The number of carbonyl (C=O) groups is 1. The Balaban J connectivity index is 2.85. The first-order valence-electron chi connectivity index (χ1n) is 5.19. The maximum Gasteiger partial charge on any atom is 0.307 e. The highest BCUT2D eigenvalue weighted by atomic mass is 16.6. The number of esters is 1. The van der Waals surface area contributed by atoms with Crippen LogP contribution in [0.4, 0.5) is 17.1 Å². The van der Waals surface area contributed by atoms with Gasteiger partial charge in [-0.1, -0.05) is 0 Å². The van der Waals surface area contributed by atoms with Crippen molar-refractivity contribution in [3.63, 3.8) is 0 Å². The molecule has 0 fully saturated rings. The van der Waals surface area contributed by atoms with Crippen LogP contribution in [-0.2, 0) is 9.53 Å². The highest BCUT2D eigenvalue weighted by Crippen LogP contribution is 2.28. The maximum absolute atomic E-state index is 10.9. The number of carbonyl (C=O) groups excluding carboxylic acids is 1. The summed E-state index contributed by atoms with van der Waals surface area (Å²) < 4.78 is 4.41. The van der Waals surface area contributed by atoms with E-state index in [1.165, 1.54) is 13.2 Å². The van der Waals surface area contributed by atoms with Crippen molar-refractivity contribution in [1.29, 1.82) is 0 Å². The van der Waals surface area contributed by atoms with Crippen LogP contribution in [0.2, 0.25) is 0 Å². The standard InChI is InChI=1S/C10H11N3O6/c1-19-10(14)4-5-11-8-3-2-7(12(15)16)6-9(8)13(17)18/h2-3,6,11H,4-5H2,1H3. The molecule has 1 N–H and O–H groups in total. The summed E-state index contributed by atoms with van der Waals surface area (Å²) in [6.45, 7) is 0.130. The van der Waals surface area contributed by atoms with Gasteiger partial charge in [0, 0.05) is 12.6 Å². The summed E-state index contributed by atoms with van der Waals surface area (Å²) in [5, 5.41) is 24.0. The number of rotatable bonds is 6. The number of nitrogens with zero attached hydrogens (tertiary/aromatic N) is 2. The van der Waals surface area contributed by atoms with Crippen LogP contribution in [0.1, 0.15) is 6.42 Å². The minimum absolute atomic E-state index is 0.0324. The molecule has 0 saturated heterocycles. The van der Waals surface area contributed by atoms with Crippen LogP contribution in [-0.4, -0.2) is 29.5 Å². The Bertz CT molecular complexity index is 516. The molecule has 0 aliphatic heterocycles. The number of ether oxygens (including phenoxy) is 1. The molecule has 0 aliphatic rings. The molecule has 9 nitrogen and oxygen atoms in total. The average molecular weight is 269 g/mol. The van der Waals surface area contributed by atoms with E-state index in [9.17, 15) is 25.0 Å². The molecule has 0 radical (unpaired) electrons.